The minimum atomic E-state index is 0.818. The molecule has 0 aromatic carbocycles. The molecule has 0 rings (SSSR count). The van der Waals surface area contributed by atoms with E-state index in [0.717, 1.165) is 24.5 Å². The molecule has 0 saturated heterocycles. The third-order valence-corrected chi connectivity index (χ3v) is 4.07. The molecule has 20 heavy (non-hydrogen) atoms. The fourth-order valence-electron chi connectivity index (χ4n) is 2.35. The second-order valence-corrected chi connectivity index (χ2v) is 6.31. The fraction of sp³-hybridized carbons (Fsp3) is 0.944. The summed E-state index contributed by atoms with van der Waals surface area (Å²) in [5.41, 5.74) is 0. The van der Waals surface area contributed by atoms with Crippen molar-refractivity contribution < 1.29 is 4.74 Å². The van der Waals surface area contributed by atoms with Crippen LogP contribution in [0.4, 0.5) is 0 Å². The lowest BCUT2D eigenvalue weighted by molar-refractivity contribution is 0.291. The molecule has 0 fully saturated rings. The van der Waals surface area contributed by atoms with Crippen LogP contribution < -0.4 is 0 Å². The SMILES string of the molecule is CCCCCCCCCCCCCOC(=S)CCCC. The summed E-state index contributed by atoms with van der Waals surface area (Å²) in [7, 11) is 0. The average Bonchev–Trinajstić information content (AvgIpc) is 2.46. The first-order chi connectivity index (χ1) is 9.81. The highest BCUT2D eigenvalue weighted by Crippen LogP contribution is 2.11. The summed E-state index contributed by atoms with van der Waals surface area (Å²) in [6, 6.07) is 0. The molecule has 2 heteroatoms. The Morgan fingerprint density at radius 1 is 0.650 bits per heavy atom. The highest BCUT2D eigenvalue weighted by molar-refractivity contribution is 7.80. The van der Waals surface area contributed by atoms with E-state index in [2.05, 4.69) is 13.8 Å². The summed E-state index contributed by atoms with van der Waals surface area (Å²) in [5, 5.41) is 0.818. The lowest BCUT2D eigenvalue weighted by atomic mass is 10.1. The molecule has 0 saturated carbocycles. The van der Waals surface area contributed by atoms with Gasteiger partial charge in [-0.15, -0.1) is 0 Å². The summed E-state index contributed by atoms with van der Waals surface area (Å²) in [6.07, 6.45) is 18.5. The van der Waals surface area contributed by atoms with E-state index in [-0.39, 0.29) is 0 Å². The van der Waals surface area contributed by atoms with Gasteiger partial charge in [0, 0.05) is 6.42 Å². The van der Waals surface area contributed by atoms with Crippen LogP contribution in [-0.2, 0) is 4.74 Å². The van der Waals surface area contributed by atoms with E-state index in [1.165, 1.54) is 77.0 Å². The molecular weight excluding hydrogens is 264 g/mol. The van der Waals surface area contributed by atoms with Crippen LogP contribution in [0.1, 0.15) is 104 Å². The van der Waals surface area contributed by atoms with Gasteiger partial charge in [-0.3, -0.25) is 0 Å². The Kier molecular flexibility index (Phi) is 16.8. The second-order valence-electron chi connectivity index (χ2n) is 5.86. The van der Waals surface area contributed by atoms with Crippen molar-refractivity contribution in [1.29, 1.82) is 0 Å². The number of ether oxygens (including phenoxy) is 1. The van der Waals surface area contributed by atoms with Gasteiger partial charge in [0.1, 0.15) is 0 Å². The Bertz CT molecular complexity index is 204. The van der Waals surface area contributed by atoms with Gasteiger partial charge in [-0.1, -0.05) is 84.5 Å². The van der Waals surface area contributed by atoms with Gasteiger partial charge in [0.05, 0.1) is 6.61 Å². The Hall–Kier alpha value is -0.110. The number of unbranched alkanes of at least 4 members (excludes halogenated alkanes) is 11. The number of rotatable bonds is 15. The molecule has 0 amide bonds. The maximum Gasteiger partial charge on any atom is 0.159 e. The molecule has 0 aromatic rings. The molecule has 0 spiro atoms. The molecule has 1 nitrogen and oxygen atoms in total. The zero-order chi connectivity index (χ0) is 14.9. The van der Waals surface area contributed by atoms with Crippen LogP contribution in [0.5, 0.6) is 0 Å². The zero-order valence-corrected chi connectivity index (χ0v) is 14.7. The van der Waals surface area contributed by atoms with Crippen molar-refractivity contribution >= 4 is 17.3 Å². The Morgan fingerprint density at radius 3 is 1.60 bits per heavy atom. The molecule has 0 aliphatic rings. The molecule has 0 atom stereocenters. The minimum Gasteiger partial charge on any atom is -0.487 e. The minimum absolute atomic E-state index is 0.818. The quantitative estimate of drug-likeness (QED) is 0.242. The first-order valence-corrected chi connectivity index (χ1v) is 9.37. The maximum atomic E-state index is 5.56. The van der Waals surface area contributed by atoms with Crippen molar-refractivity contribution in [1.82, 2.24) is 0 Å². The summed E-state index contributed by atoms with van der Waals surface area (Å²) in [4.78, 5) is 0. The molecular formula is C18H36OS. The Balaban J connectivity index is 3.04. The van der Waals surface area contributed by atoms with Crippen LogP contribution in [0.2, 0.25) is 0 Å². The highest BCUT2D eigenvalue weighted by atomic mass is 32.1. The van der Waals surface area contributed by atoms with Crippen molar-refractivity contribution in [2.24, 2.45) is 0 Å². The zero-order valence-electron chi connectivity index (χ0n) is 13.9. The van der Waals surface area contributed by atoms with Crippen molar-refractivity contribution in [2.45, 2.75) is 104 Å². The predicted octanol–water partition coefficient (Wildman–Crippen LogP) is 6.83. The number of hydrogen-bond acceptors (Lipinski definition) is 2. The molecule has 0 heterocycles. The lowest BCUT2D eigenvalue weighted by Gasteiger charge is -2.06. The lowest BCUT2D eigenvalue weighted by Crippen LogP contribution is -2.03. The highest BCUT2D eigenvalue weighted by Gasteiger charge is 1.97. The Labute approximate surface area is 132 Å². The smallest absolute Gasteiger partial charge is 0.159 e. The predicted molar refractivity (Wildman–Crippen MR) is 94.5 cm³/mol. The van der Waals surface area contributed by atoms with Gasteiger partial charge in [0.25, 0.3) is 0 Å². The third-order valence-electron chi connectivity index (χ3n) is 3.75. The normalized spacial score (nSPS) is 10.7. The van der Waals surface area contributed by atoms with Crippen LogP contribution in [0.3, 0.4) is 0 Å². The molecule has 0 aliphatic carbocycles. The van der Waals surface area contributed by atoms with Gasteiger partial charge < -0.3 is 4.74 Å². The summed E-state index contributed by atoms with van der Waals surface area (Å²) in [6.45, 7) is 5.30. The monoisotopic (exact) mass is 300 g/mol. The van der Waals surface area contributed by atoms with Crippen LogP contribution in [0.15, 0.2) is 0 Å². The van der Waals surface area contributed by atoms with E-state index in [9.17, 15) is 0 Å². The van der Waals surface area contributed by atoms with Gasteiger partial charge in [0.2, 0.25) is 0 Å². The molecule has 0 radical (unpaired) electrons. The molecule has 0 aliphatic heterocycles. The van der Waals surface area contributed by atoms with Gasteiger partial charge in [0.15, 0.2) is 5.05 Å². The average molecular weight is 301 g/mol. The molecule has 0 bridgehead atoms. The molecule has 0 aromatic heterocycles. The fourth-order valence-corrected chi connectivity index (χ4v) is 2.57. The first-order valence-electron chi connectivity index (χ1n) is 8.96. The van der Waals surface area contributed by atoms with Crippen molar-refractivity contribution in [2.75, 3.05) is 6.61 Å². The first kappa shape index (κ1) is 19.9. The van der Waals surface area contributed by atoms with E-state index >= 15 is 0 Å². The summed E-state index contributed by atoms with van der Waals surface area (Å²) < 4.78 is 5.56. The van der Waals surface area contributed by atoms with Crippen LogP contribution in [0, 0.1) is 0 Å². The third kappa shape index (κ3) is 15.9. The topological polar surface area (TPSA) is 9.23 Å². The van der Waals surface area contributed by atoms with E-state index in [4.69, 9.17) is 17.0 Å². The molecule has 0 N–H and O–H groups in total. The van der Waals surface area contributed by atoms with Crippen molar-refractivity contribution in [3.63, 3.8) is 0 Å². The second kappa shape index (κ2) is 16.9. The van der Waals surface area contributed by atoms with Crippen molar-refractivity contribution in [3.8, 4) is 0 Å². The van der Waals surface area contributed by atoms with Crippen LogP contribution in [-0.4, -0.2) is 11.7 Å². The summed E-state index contributed by atoms with van der Waals surface area (Å²) >= 11 is 5.18. The molecule has 0 unspecified atom stereocenters. The summed E-state index contributed by atoms with van der Waals surface area (Å²) in [5.74, 6) is 0. The van der Waals surface area contributed by atoms with Crippen LogP contribution in [0.25, 0.3) is 0 Å². The largest absolute Gasteiger partial charge is 0.487 e. The van der Waals surface area contributed by atoms with Crippen LogP contribution >= 0.6 is 12.2 Å². The number of thiocarbonyl (C=S) groups is 1. The Morgan fingerprint density at radius 2 is 1.10 bits per heavy atom. The number of hydrogen-bond donors (Lipinski definition) is 0. The van der Waals surface area contributed by atoms with E-state index in [1.807, 2.05) is 0 Å². The maximum absolute atomic E-state index is 5.56. The van der Waals surface area contributed by atoms with Gasteiger partial charge >= 0.3 is 0 Å². The van der Waals surface area contributed by atoms with Gasteiger partial charge in [-0.25, -0.2) is 0 Å². The van der Waals surface area contributed by atoms with E-state index < -0.39 is 0 Å². The van der Waals surface area contributed by atoms with Crippen molar-refractivity contribution in [3.05, 3.63) is 0 Å². The van der Waals surface area contributed by atoms with E-state index in [1.54, 1.807) is 0 Å². The standard InChI is InChI=1S/C18H36OS/c1-3-5-7-8-9-10-11-12-13-14-15-17-19-18(20)16-6-4-2/h3-17H2,1-2H3. The van der Waals surface area contributed by atoms with Gasteiger partial charge in [-0.2, -0.15) is 0 Å². The van der Waals surface area contributed by atoms with E-state index in [0.29, 0.717) is 0 Å². The van der Waals surface area contributed by atoms with Gasteiger partial charge in [-0.05, 0) is 25.1 Å². The molecule has 120 valence electrons.